The fourth-order valence-corrected chi connectivity index (χ4v) is 3.23. The number of alkyl halides is 2. The molecule has 1 aromatic heterocycles. The van der Waals surface area contributed by atoms with Crippen LogP contribution in [-0.4, -0.2) is 51.9 Å². The summed E-state index contributed by atoms with van der Waals surface area (Å²) in [5.74, 6) is -3.30. The third-order valence-electron chi connectivity index (χ3n) is 5.02. The maximum Gasteiger partial charge on any atom is 0.295 e. The first-order valence-corrected chi connectivity index (χ1v) is 11.8. The normalized spacial score (nSPS) is 13.8. The van der Waals surface area contributed by atoms with E-state index in [-0.39, 0.29) is 47.4 Å². The first-order chi connectivity index (χ1) is 17.1. The number of nitrogens with zero attached hydrogens (tertiary/aromatic N) is 3. The fourth-order valence-electron chi connectivity index (χ4n) is 3.23. The molecule has 200 valence electrons. The fraction of sp³-hybridized carbons (Fsp3) is 0.458. The van der Waals surface area contributed by atoms with Crippen molar-refractivity contribution >= 4 is 23.5 Å². The summed E-state index contributed by atoms with van der Waals surface area (Å²) in [5.41, 5.74) is 11.8. The molecular formula is C24H37F2N7O3. The molecule has 0 radical (unpaired) electrons. The van der Waals surface area contributed by atoms with Crippen LogP contribution in [0.4, 0.5) is 20.3 Å². The molecule has 7 N–H and O–H groups in total. The summed E-state index contributed by atoms with van der Waals surface area (Å²) in [6.07, 6.45) is 1.39. The van der Waals surface area contributed by atoms with E-state index < -0.39 is 18.1 Å². The predicted molar refractivity (Wildman–Crippen MR) is 138 cm³/mol. The number of aromatic nitrogens is 2. The summed E-state index contributed by atoms with van der Waals surface area (Å²) in [6.45, 7) is 7.83. The molecule has 0 bridgehead atoms. The Hall–Kier alpha value is -3.51. The number of nitrogens with one attached hydrogen (secondary N) is 2. The van der Waals surface area contributed by atoms with Crippen LogP contribution < -0.4 is 27.7 Å². The molecule has 1 saturated heterocycles. The number of hydrogen-bond donors (Lipinski definition) is 5. The lowest BCUT2D eigenvalue weighted by atomic mass is 10.1. The second kappa shape index (κ2) is 14.1. The molecule has 0 saturated carbocycles. The molecule has 10 nitrogen and oxygen atoms in total. The number of amides is 1. The Morgan fingerprint density at radius 3 is 2.56 bits per heavy atom. The van der Waals surface area contributed by atoms with E-state index in [2.05, 4.69) is 15.7 Å². The Morgan fingerprint density at radius 1 is 1.28 bits per heavy atom. The summed E-state index contributed by atoms with van der Waals surface area (Å²) in [4.78, 5) is 25.8. The van der Waals surface area contributed by atoms with Gasteiger partial charge in [0.15, 0.2) is 5.82 Å². The third-order valence-corrected chi connectivity index (χ3v) is 5.02. The summed E-state index contributed by atoms with van der Waals surface area (Å²) in [7, 11) is 1.42. The molecule has 0 spiro atoms. The number of aryl methyl sites for hydroxylation is 1. The molecule has 0 atom stereocenters. The molecule has 2 heterocycles. The lowest BCUT2D eigenvalue weighted by Gasteiger charge is -2.27. The minimum Gasteiger partial charge on any atom is -0.394 e. The van der Waals surface area contributed by atoms with Crippen molar-refractivity contribution in [2.75, 3.05) is 37.3 Å². The van der Waals surface area contributed by atoms with E-state index in [0.29, 0.717) is 18.7 Å². The van der Waals surface area contributed by atoms with Crippen LogP contribution in [0.5, 0.6) is 0 Å². The molecule has 1 fully saturated rings. The molecule has 2 aromatic rings. The van der Waals surface area contributed by atoms with Gasteiger partial charge in [-0.1, -0.05) is 45.9 Å². The first kappa shape index (κ1) is 30.5. The lowest BCUT2D eigenvalue weighted by Crippen LogP contribution is -2.48. The Labute approximate surface area is 210 Å². The van der Waals surface area contributed by atoms with Gasteiger partial charge in [-0.15, -0.1) is 0 Å². The van der Waals surface area contributed by atoms with Crippen LogP contribution in [0.1, 0.15) is 44.4 Å². The number of hydrogen-bond acceptors (Lipinski definition) is 8. The minimum atomic E-state index is -3.37. The zero-order valence-corrected chi connectivity index (χ0v) is 21.4. The standard InChI is InChI=1S/C20H25F2N7O3.2C2H6/c1-28-19(32)17(24)14(8-15(23)29-6-5-25-10-16(29)31)18(27-28)26-9-12-3-2-4-13(7-12)20(21,22)11-30;2*1-2/h2-4,7-8,25,30H,5-6,9-11,23-24H2,1H3,(H,26,27);2*1-2H3/b15-8+;;. The number of nitrogen functional groups attached to an aromatic ring is 1. The van der Waals surface area contributed by atoms with Crippen LogP contribution >= 0.6 is 0 Å². The van der Waals surface area contributed by atoms with Gasteiger partial charge in [-0.3, -0.25) is 14.5 Å². The Kier molecular flexibility index (Phi) is 12.0. The maximum absolute atomic E-state index is 13.8. The van der Waals surface area contributed by atoms with Gasteiger partial charge in [-0.05, 0) is 17.7 Å². The number of rotatable bonds is 7. The quantitative estimate of drug-likeness (QED) is 0.379. The van der Waals surface area contributed by atoms with Gasteiger partial charge in [0.1, 0.15) is 18.1 Å². The second-order valence-electron chi connectivity index (χ2n) is 7.31. The van der Waals surface area contributed by atoms with Crippen LogP contribution in [0.2, 0.25) is 0 Å². The summed E-state index contributed by atoms with van der Waals surface area (Å²) in [6, 6.07) is 5.56. The Balaban J connectivity index is 0.00000154. The lowest BCUT2D eigenvalue weighted by molar-refractivity contribution is -0.129. The van der Waals surface area contributed by atoms with E-state index in [4.69, 9.17) is 16.6 Å². The highest BCUT2D eigenvalue weighted by atomic mass is 19.3. The number of benzene rings is 1. The van der Waals surface area contributed by atoms with Crippen LogP contribution in [0.3, 0.4) is 0 Å². The summed E-state index contributed by atoms with van der Waals surface area (Å²) < 4.78 is 28.6. The third kappa shape index (κ3) is 7.49. The van der Waals surface area contributed by atoms with Crippen molar-refractivity contribution in [3.05, 3.63) is 57.1 Å². The maximum atomic E-state index is 13.8. The van der Waals surface area contributed by atoms with Gasteiger partial charge in [-0.2, -0.15) is 13.9 Å². The van der Waals surface area contributed by atoms with Crippen molar-refractivity contribution in [1.82, 2.24) is 20.0 Å². The van der Waals surface area contributed by atoms with Crippen molar-refractivity contribution < 1.29 is 18.7 Å². The van der Waals surface area contributed by atoms with E-state index in [9.17, 15) is 18.4 Å². The van der Waals surface area contributed by atoms with Crippen LogP contribution in [0.15, 0.2) is 34.9 Å². The van der Waals surface area contributed by atoms with Crippen LogP contribution in [-0.2, 0) is 24.3 Å². The number of anilines is 2. The van der Waals surface area contributed by atoms with Crippen molar-refractivity contribution in [1.29, 1.82) is 0 Å². The van der Waals surface area contributed by atoms with Crippen molar-refractivity contribution in [2.45, 2.75) is 40.2 Å². The highest BCUT2D eigenvalue weighted by Crippen LogP contribution is 2.28. The predicted octanol–water partition coefficient (Wildman–Crippen LogP) is 1.80. The second-order valence-corrected chi connectivity index (χ2v) is 7.31. The van der Waals surface area contributed by atoms with Gasteiger partial charge in [0, 0.05) is 32.2 Å². The van der Waals surface area contributed by atoms with E-state index in [1.165, 1.54) is 36.2 Å². The van der Waals surface area contributed by atoms with Gasteiger partial charge in [0.25, 0.3) is 11.5 Å². The largest absolute Gasteiger partial charge is 0.394 e. The van der Waals surface area contributed by atoms with Gasteiger partial charge < -0.3 is 27.2 Å². The number of carbonyl (C=O) groups excluding carboxylic acids is 1. The first-order valence-electron chi connectivity index (χ1n) is 11.8. The summed E-state index contributed by atoms with van der Waals surface area (Å²) >= 11 is 0. The van der Waals surface area contributed by atoms with Gasteiger partial charge in [0.2, 0.25) is 5.91 Å². The average Bonchev–Trinajstić information content (AvgIpc) is 2.90. The molecule has 3 rings (SSSR count). The minimum absolute atomic E-state index is 0.0767. The number of aliphatic hydroxyl groups is 1. The van der Waals surface area contributed by atoms with E-state index in [0.717, 1.165) is 4.68 Å². The molecule has 1 amide bonds. The van der Waals surface area contributed by atoms with E-state index >= 15 is 0 Å². The molecule has 12 heteroatoms. The molecule has 36 heavy (non-hydrogen) atoms. The van der Waals surface area contributed by atoms with E-state index in [1.54, 1.807) is 6.07 Å². The van der Waals surface area contributed by atoms with E-state index in [1.807, 2.05) is 27.7 Å². The molecule has 1 aromatic carbocycles. The van der Waals surface area contributed by atoms with Crippen LogP contribution in [0.25, 0.3) is 6.08 Å². The smallest absolute Gasteiger partial charge is 0.295 e. The Bertz CT molecular complexity index is 1100. The monoisotopic (exact) mass is 509 g/mol. The number of halogens is 2. The average molecular weight is 510 g/mol. The molecule has 1 aliphatic rings. The van der Waals surface area contributed by atoms with Crippen molar-refractivity contribution in [3.63, 3.8) is 0 Å². The molecule has 0 aliphatic carbocycles. The zero-order valence-electron chi connectivity index (χ0n) is 21.4. The molecule has 1 aliphatic heterocycles. The Morgan fingerprint density at radius 2 is 1.94 bits per heavy atom. The highest BCUT2D eigenvalue weighted by molar-refractivity contribution is 5.83. The summed E-state index contributed by atoms with van der Waals surface area (Å²) in [5, 5.41) is 19.0. The zero-order chi connectivity index (χ0) is 27.5. The molecular weight excluding hydrogens is 472 g/mol. The topological polar surface area (TPSA) is 152 Å². The number of aliphatic hydroxyl groups excluding tert-OH is 1. The van der Waals surface area contributed by atoms with Crippen LogP contribution in [0, 0.1) is 0 Å². The SMILES string of the molecule is CC.CC.Cn1nc(NCc2cccc(C(F)(F)CO)c2)c(/C=C(\N)N2CCNCC2=O)c(N)c1=O. The number of piperazine rings is 1. The number of nitrogens with two attached hydrogens (primary N) is 2. The molecule has 0 unspecified atom stereocenters. The van der Waals surface area contributed by atoms with Gasteiger partial charge in [-0.25, -0.2) is 4.68 Å². The number of carbonyl (C=O) groups is 1. The highest BCUT2D eigenvalue weighted by Gasteiger charge is 2.30. The van der Waals surface area contributed by atoms with Crippen molar-refractivity contribution in [3.8, 4) is 0 Å². The van der Waals surface area contributed by atoms with Gasteiger partial charge >= 0.3 is 0 Å². The van der Waals surface area contributed by atoms with Gasteiger partial charge in [0.05, 0.1) is 12.1 Å². The van der Waals surface area contributed by atoms with Crippen molar-refractivity contribution in [2.24, 2.45) is 12.8 Å².